The fraction of sp³-hybridized carbons (Fsp3) is 0.440. The van der Waals surface area contributed by atoms with E-state index in [1.54, 1.807) is 0 Å². The molecule has 0 N–H and O–H groups in total. The highest BCUT2D eigenvalue weighted by atomic mass is 79.9. The van der Waals surface area contributed by atoms with Crippen LogP contribution >= 0.6 is 15.9 Å². The first kappa shape index (κ1) is 21.5. The van der Waals surface area contributed by atoms with Crippen molar-refractivity contribution in [2.24, 2.45) is 17.8 Å². The molecule has 2 aliphatic heterocycles. The molecule has 0 radical (unpaired) electrons. The Morgan fingerprint density at radius 2 is 1.81 bits per heavy atom. The number of hydrogen-bond acceptors (Lipinski definition) is 4. The van der Waals surface area contributed by atoms with Crippen LogP contribution in [0.5, 0.6) is 0 Å². The van der Waals surface area contributed by atoms with Crippen molar-refractivity contribution in [1.82, 2.24) is 19.2 Å². The molecule has 2 fully saturated rings. The molecular weight excluding hydrogens is 468 g/mol. The van der Waals surface area contributed by atoms with Gasteiger partial charge in [0, 0.05) is 49.0 Å². The predicted molar refractivity (Wildman–Crippen MR) is 128 cm³/mol. The maximum absolute atomic E-state index is 12.4. The van der Waals surface area contributed by atoms with Gasteiger partial charge >= 0.3 is 6.09 Å². The topological polar surface area (TPSA) is 50.1 Å². The average Bonchev–Trinajstić information content (AvgIpc) is 3.45. The number of carbonyl (C=O) groups excluding carboxylic acids is 1. The van der Waals surface area contributed by atoms with Crippen molar-refractivity contribution in [3.8, 4) is 11.3 Å². The molecule has 3 aromatic rings. The lowest BCUT2D eigenvalue weighted by atomic mass is 10.0. The summed E-state index contributed by atoms with van der Waals surface area (Å²) in [7, 11) is 0. The standard InChI is InChI=1S/C25H29BrN4O2/c1-17(2)16-32-25(31)29-13-19-11-28(12-20(19)14-29)15-22-24(18-6-8-21(26)9-7-18)27-23-5-3-4-10-30(22)23/h3-10,17,19-20H,11-16H2,1-2H3. The van der Waals surface area contributed by atoms with E-state index in [-0.39, 0.29) is 6.09 Å². The largest absolute Gasteiger partial charge is 0.449 e. The Morgan fingerprint density at radius 1 is 1.09 bits per heavy atom. The van der Waals surface area contributed by atoms with Crippen LogP contribution in [0, 0.1) is 17.8 Å². The molecule has 2 aromatic heterocycles. The van der Waals surface area contributed by atoms with Gasteiger partial charge in [0.05, 0.1) is 18.0 Å². The van der Waals surface area contributed by atoms with Gasteiger partial charge in [-0.25, -0.2) is 9.78 Å². The zero-order valence-electron chi connectivity index (χ0n) is 18.6. The van der Waals surface area contributed by atoms with Crippen LogP contribution in [0.1, 0.15) is 19.5 Å². The van der Waals surface area contributed by atoms with Crippen molar-refractivity contribution in [2.45, 2.75) is 20.4 Å². The molecule has 2 aliphatic rings. The number of pyridine rings is 1. The summed E-state index contributed by atoms with van der Waals surface area (Å²) in [4.78, 5) is 21.7. The Morgan fingerprint density at radius 3 is 2.50 bits per heavy atom. The second-order valence-corrected chi connectivity index (χ2v) is 10.3. The molecule has 0 saturated carbocycles. The normalized spacial score (nSPS) is 20.9. The van der Waals surface area contributed by atoms with Crippen molar-refractivity contribution < 1.29 is 9.53 Å². The number of likely N-dealkylation sites (tertiary alicyclic amines) is 2. The minimum absolute atomic E-state index is 0.154. The molecule has 168 valence electrons. The van der Waals surface area contributed by atoms with E-state index in [0.29, 0.717) is 24.4 Å². The number of nitrogens with zero attached hydrogens (tertiary/aromatic N) is 4. The zero-order chi connectivity index (χ0) is 22.2. The van der Waals surface area contributed by atoms with E-state index in [0.717, 1.165) is 54.1 Å². The lowest BCUT2D eigenvalue weighted by molar-refractivity contribution is 0.0953. The van der Waals surface area contributed by atoms with Crippen molar-refractivity contribution in [1.29, 1.82) is 0 Å². The Bertz CT molecular complexity index is 1100. The van der Waals surface area contributed by atoms with Gasteiger partial charge in [0.15, 0.2) is 0 Å². The summed E-state index contributed by atoms with van der Waals surface area (Å²) < 4.78 is 8.72. The smallest absolute Gasteiger partial charge is 0.409 e. The van der Waals surface area contributed by atoms with Gasteiger partial charge in [0.25, 0.3) is 0 Å². The van der Waals surface area contributed by atoms with E-state index in [4.69, 9.17) is 9.72 Å². The van der Waals surface area contributed by atoms with Crippen molar-refractivity contribution in [3.63, 3.8) is 0 Å². The van der Waals surface area contributed by atoms with Crippen molar-refractivity contribution in [3.05, 3.63) is 58.8 Å². The summed E-state index contributed by atoms with van der Waals surface area (Å²) in [5.74, 6) is 1.38. The van der Waals surface area contributed by atoms with Gasteiger partial charge in [0.2, 0.25) is 0 Å². The van der Waals surface area contributed by atoms with Gasteiger partial charge in [-0.3, -0.25) is 4.90 Å². The third-order valence-electron chi connectivity index (χ3n) is 6.48. The van der Waals surface area contributed by atoms with E-state index < -0.39 is 0 Å². The van der Waals surface area contributed by atoms with Crippen LogP contribution in [0.3, 0.4) is 0 Å². The molecular formula is C25H29BrN4O2. The molecule has 7 heteroatoms. The fourth-order valence-electron chi connectivity index (χ4n) is 4.95. The molecule has 2 saturated heterocycles. The predicted octanol–water partition coefficient (Wildman–Crippen LogP) is 4.92. The summed E-state index contributed by atoms with van der Waals surface area (Å²) >= 11 is 3.53. The average molecular weight is 497 g/mol. The maximum atomic E-state index is 12.4. The van der Waals surface area contributed by atoms with E-state index in [1.165, 1.54) is 5.69 Å². The quantitative estimate of drug-likeness (QED) is 0.502. The van der Waals surface area contributed by atoms with E-state index in [2.05, 4.69) is 81.7 Å². The monoisotopic (exact) mass is 496 g/mol. The van der Waals surface area contributed by atoms with E-state index in [9.17, 15) is 4.79 Å². The molecule has 1 amide bonds. The van der Waals surface area contributed by atoms with Gasteiger partial charge in [0.1, 0.15) is 5.65 Å². The summed E-state index contributed by atoms with van der Waals surface area (Å²) in [5, 5.41) is 0. The van der Waals surface area contributed by atoms with Crippen LogP contribution in [0.2, 0.25) is 0 Å². The van der Waals surface area contributed by atoms with Crippen LogP contribution in [0.4, 0.5) is 4.79 Å². The minimum Gasteiger partial charge on any atom is -0.449 e. The Balaban J connectivity index is 1.31. The van der Waals surface area contributed by atoms with Gasteiger partial charge in [-0.05, 0) is 42.0 Å². The SMILES string of the molecule is CC(C)COC(=O)N1CC2CN(Cc3c(-c4ccc(Br)cc4)nc4ccccn34)CC2C1. The number of amides is 1. The first-order valence-corrected chi connectivity index (χ1v) is 12.1. The van der Waals surface area contributed by atoms with Crippen molar-refractivity contribution in [2.75, 3.05) is 32.8 Å². The third kappa shape index (κ3) is 4.28. The number of fused-ring (bicyclic) bond motifs is 2. The fourth-order valence-corrected chi connectivity index (χ4v) is 5.21. The number of aromatic nitrogens is 2. The summed E-state index contributed by atoms with van der Waals surface area (Å²) in [6.07, 6.45) is 1.95. The number of carbonyl (C=O) groups is 1. The number of imidazole rings is 1. The molecule has 2 unspecified atom stereocenters. The molecule has 4 heterocycles. The molecule has 0 bridgehead atoms. The van der Waals surface area contributed by atoms with Crippen LogP contribution in [0.25, 0.3) is 16.9 Å². The Kier molecular flexibility index (Phi) is 5.95. The lowest BCUT2D eigenvalue weighted by Gasteiger charge is -2.22. The van der Waals surface area contributed by atoms with Gasteiger partial charge in [-0.2, -0.15) is 0 Å². The maximum Gasteiger partial charge on any atom is 0.409 e. The second-order valence-electron chi connectivity index (χ2n) is 9.43. The number of benzene rings is 1. The van der Waals surface area contributed by atoms with Crippen LogP contribution in [0.15, 0.2) is 53.1 Å². The first-order chi connectivity index (χ1) is 15.5. The van der Waals surface area contributed by atoms with Crippen molar-refractivity contribution >= 4 is 27.7 Å². The van der Waals surface area contributed by atoms with Crippen LogP contribution < -0.4 is 0 Å². The minimum atomic E-state index is -0.154. The molecule has 0 spiro atoms. The molecule has 32 heavy (non-hydrogen) atoms. The highest BCUT2D eigenvalue weighted by Crippen LogP contribution is 2.34. The molecule has 6 nitrogen and oxygen atoms in total. The number of rotatable bonds is 5. The number of halogens is 1. The van der Waals surface area contributed by atoms with Crippen LogP contribution in [-0.2, 0) is 11.3 Å². The van der Waals surface area contributed by atoms with Crippen LogP contribution in [-0.4, -0.2) is 58.1 Å². The van der Waals surface area contributed by atoms with E-state index in [1.807, 2.05) is 11.0 Å². The molecule has 5 rings (SSSR count). The highest BCUT2D eigenvalue weighted by Gasteiger charge is 2.42. The summed E-state index contributed by atoms with van der Waals surface area (Å²) in [6.45, 7) is 9.05. The Hall–Kier alpha value is -2.38. The van der Waals surface area contributed by atoms with Gasteiger partial charge < -0.3 is 14.0 Å². The first-order valence-electron chi connectivity index (χ1n) is 11.3. The molecule has 2 atom stereocenters. The number of hydrogen-bond donors (Lipinski definition) is 0. The molecule has 1 aromatic carbocycles. The Labute approximate surface area is 197 Å². The highest BCUT2D eigenvalue weighted by molar-refractivity contribution is 9.10. The summed E-state index contributed by atoms with van der Waals surface area (Å²) in [5.41, 5.74) is 4.36. The third-order valence-corrected chi connectivity index (χ3v) is 7.01. The van der Waals surface area contributed by atoms with Gasteiger partial charge in [-0.15, -0.1) is 0 Å². The zero-order valence-corrected chi connectivity index (χ0v) is 20.2. The van der Waals surface area contributed by atoms with Gasteiger partial charge in [-0.1, -0.05) is 48.0 Å². The summed E-state index contributed by atoms with van der Waals surface area (Å²) in [6, 6.07) is 14.5. The second kappa shape index (κ2) is 8.87. The lowest BCUT2D eigenvalue weighted by Crippen LogP contribution is -2.34. The number of ether oxygens (including phenoxy) is 1. The van der Waals surface area contributed by atoms with E-state index >= 15 is 0 Å². The molecule has 0 aliphatic carbocycles.